The summed E-state index contributed by atoms with van der Waals surface area (Å²) in [6, 6.07) is 7.29. The summed E-state index contributed by atoms with van der Waals surface area (Å²) < 4.78 is 0. The van der Waals surface area contributed by atoms with Crippen molar-refractivity contribution in [3.05, 3.63) is 34.9 Å². The normalized spacial score (nSPS) is 19.9. The van der Waals surface area contributed by atoms with Gasteiger partial charge in [0.25, 0.3) is 0 Å². The smallest absolute Gasteiger partial charge is 0.308 e. The summed E-state index contributed by atoms with van der Waals surface area (Å²) in [5.74, 6) is -1.32. The van der Waals surface area contributed by atoms with Crippen LogP contribution in [0.4, 0.5) is 0 Å². The number of halogens is 1. The lowest BCUT2D eigenvalue weighted by molar-refractivity contribution is -0.147. The highest BCUT2D eigenvalue weighted by molar-refractivity contribution is 6.31. The zero-order valence-electron chi connectivity index (χ0n) is 9.80. The minimum Gasteiger partial charge on any atom is -0.481 e. The highest BCUT2D eigenvalue weighted by atomic mass is 35.5. The van der Waals surface area contributed by atoms with E-state index in [0.29, 0.717) is 24.4 Å². The van der Waals surface area contributed by atoms with E-state index in [4.69, 9.17) is 16.7 Å². The first-order valence-corrected chi connectivity index (χ1v) is 6.19. The fourth-order valence-corrected chi connectivity index (χ4v) is 2.30. The second kappa shape index (κ2) is 5.40. The molecule has 5 heteroatoms. The van der Waals surface area contributed by atoms with Gasteiger partial charge in [0.2, 0.25) is 5.91 Å². The topological polar surface area (TPSA) is 57.6 Å². The van der Waals surface area contributed by atoms with Gasteiger partial charge in [-0.25, -0.2) is 0 Å². The largest absolute Gasteiger partial charge is 0.481 e. The molecule has 0 spiro atoms. The number of aliphatic carboxylic acids is 1. The van der Waals surface area contributed by atoms with Crippen molar-refractivity contribution in [2.75, 3.05) is 6.54 Å². The lowest BCUT2D eigenvalue weighted by Gasteiger charge is -2.30. The van der Waals surface area contributed by atoms with Crippen molar-refractivity contribution in [1.29, 1.82) is 0 Å². The Morgan fingerprint density at radius 3 is 2.83 bits per heavy atom. The minimum absolute atomic E-state index is 0.00702. The third kappa shape index (κ3) is 2.82. The maximum Gasteiger partial charge on any atom is 0.308 e. The second-order valence-electron chi connectivity index (χ2n) is 4.44. The van der Waals surface area contributed by atoms with Crippen LogP contribution in [0.25, 0.3) is 0 Å². The van der Waals surface area contributed by atoms with Gasteiger partial charge < -0.3 is 10.0 Å². The summed E-state index contributed by atoms with van der Waals surface area (Å²) in [5, 5.41) is 9.60. The number of likely N-dealkylation sites (tertiary alicyclic amines) is 1. The van der Waals surface area contributed by atoms with Crippen molar-refractivity contribution in [3.63, 3.8) is 0 Å². The predicted octanol–water partition coefficient (Wildman–Crippen LogP) is 2.16. The van der Waals surface area contributed by atoms with Gasteiger partial charge in [0.15, 0.2) is 0 Å². The summed E-state index contributed by atoms with van der Waals surface area (Å²) in [6.07, 6.45) is 0.717. The first-order valence-electron chi connectivity index (χ1n) is 5.82. The molecule has 1 aliphatic rings. The van der Waals surface area contributed by atoms with Crippen molar-refractivity contribution in [1.82, 2.24) is 4.90 Å². The average molecular weight is 268 g/mol. The molecule has 1 aromatic rings. The Labute approximate surface area is 110 Å². The van der Waals surface area contributed by atoms with Crippen molar-refractivity contribution in [2.24, 2.45) is 5.92 Å². The van der Waals surface area contributed by atoms with Crippen LogP contribution in [0.2, 0.25) is 5.02 Å². The van der Waals surface area contributed by atoms with Gasteiger partial charge in [0, 0.05) is 24.5 Å². The Morgan fingerprint density at radius 1 is 1.44 bits per heavy atom. The van der Waals surface area contributed by atoms with Crippen LogP contribution in [0.15, 0.2) is 24.3 Å². The number of hydrogen-bond donors (Lipinski definition) is 1. The van der Waals surface area contributed by atoms with Crippen LogP contribution in [-0.4, -0.2) is 28.4 Å². The van der Waals surface area contributed by atoms with Crippen LogP contribution in [0.5, 0.6) is 0 Å². The lowest BCUT2D eigenvalue weighted by atomic mass is 9.97. The monoisotopic (exact) mass is 267 g/mol. The number of rotatable bonds is 3. The van der Waals surface area contributed by atoms with E-state index in [9.17, 15) is 9.59 Å². The molecule has 4 nitrogen and oxygen atoms in total. The first kappa shape index (κ1) is 12.9. The van der Waals surface area contributed by atoms with Crippen LogP contribution in [0.3, 0.4) is 0 Å². The van der Waals surface area contributed by atoms with E-state index in [1.54, 1.807) is 11.0 Å². The molecule has 96 valence electrons. The Balaban J connectivity index is 2.10. The van der Waals surface area contributed by atoms with E-state index in [0.717, 1.165) is 5.56 Å². The molecule has 0 aromatic heterocycles. The maximum absolute atomic E-state index is 11.8. The summed E-state index contributed by atoms with van der Waals surface area (Å²) in [5.41, 5.74) is 0.846. The number of carboxylic acids is 1. The van der Waals surface area contributed by atoms with E-state index >= 15 is 0 Å². The standard InChI is InChI=1S/C13H14ClNO3/c14-11-4-2-1-3-9(11)7-15-8-10(13(17)18)5-6-12(15)16/h1-4,10H,5-8H2,(H,17,18). The van der Waals surface area contributed by atoms with E-state index in [2.05, 4.69) is 0 Å². The van der Waals surface area contributed by atoms with Crippen LogP contribution in [0, 0.1) is 5.92 Å². The number of nitrogens with zero attached hydrogens (tertiary/aromatic N) is 1. The number of carboxylic acid groups (broad SMARTS) is 1. The molecule has 1 N–H and O–H groups in total. The highest BCUT2D eigenvalue weighted by Crippen LogP contribution is 2.22. The van der Waals surface area contributed by atoms with Crippen LogP contribution in [-0.2, 0) is 16.1 Å². The van der Waals surface area contributed by atoms with Gasteiger partial charge in [-0.2, -0.15) is 0 Å². The van der Waals surface area contributed by atoms with Crippen molar-refractivity contribution < 1.29 is 14.7 Å². The van der Waals surface area contributed by atoms with E-state index < -0.39 is 11.9 Å². The third-order valence-electron chi connectivity index (χ3n) is 3.17. The number of hydrogen-bond acceptors (Lipinski definition) is 2. The fraction of sp³-hybridized carbons (Fsp3) is 0.385. The van der Waals surface area contributed by atoms with Gasteiger partial charge in [-0.15, -0.1) is 0 Å². The summed E-state index contributed by atoms with van der Waals surface area (Å²) in [7, 11) is 0. The lowest BCUT2D eigenvalue weighted by Crippen LogP contribution is -2.42. The summed E-state index contributed by atoms with van der Waals surface area (Å²) in [6.45, 7) is 0.641. The molecule has 0 radical (unpaired) electrons. The van der Waals surface area contributed by atoms with Gasteiger partial charge in [-0.05, 0) is 18.1 Å². The number of amides is 1. The van der Waals surface area contributed by atoms with Gasteiger partial charge in [0.05, 0.1) is 5.92 Å². The molecule has 1 atom stereocenters. The highest BCUT2D eigenvalue weighted by Gasteiger charge is 2.30. The SMILES string of the molecule is O=C(O)C1CCC(=O)N(Cc2ccccc2Cl)C1. The summed E-state index contributed by atoms with van der Waals surface area (Å²) in [4.78, 5) is 24.3. The Morgan fingerprint density at radius 2 is 2.17 bits per heavy atom. The van der Waals surface area contributed by atoms with E-state index in [-0.39, 0.29) is 12.5 Å². The number of benzene rings is 1. The van der Waals surface area contributed by atoms with E-state index in [1.807, 2.05) is 18.2 Å². The molecule has 1 amide bonds. The van der Waals surface area contributed by atoms with E-state index in [1.165, 1.54) is 0 Å². The van der Waals surface area contributed by atoms with Gasteiger partial charge in [0.1, 0.15) is 0 Å². The average Bonchev–Trinajstić information content (AvgIpc) is 2.34. The van der Waals surface area contributed by atoms with Crippen LogP contribution >= 0.6 is 11.6 Å². The van der Waals surface area contributed by atoms with Crippen molar-refractivity contribution in [2.45, 2.75) is 19.4 Å². The zero-order chi connectivity index (χ0) is 13.1. The van der Waals surface area contributed by atoms with Crippen molar-refractivity contribution >= 4 is 23.5 Å². The molecule has 0 saturated carbocycles. The Bertz CT molecular complexity index is 475. The molecule has 1 unspecified atom stereocenters. The molecule has 2 rings (SSSR count). The van der Waals surface area contributed by atoms with Gasteiger partial charge in [-0.1, -0.05) is 29.8 Å². The van der Waals surface area contributed by atoms with Crippen LogP contribution in [0.1, 0.15) is 18.4 Å². The molecule has 0 bridgehead atoms. The fourth-order valence-electron chi connectivity index (χ4n) is 2.10. The second-order valence-corrected chi connectivity index (χ2v) is 4.85. The summed E-state index contributed by atoms with van der Waals surface area (Å²) >= 11 is 6.04. The maximum atomic E-state index is 11.8. The molecular formula is C13H14ClNO3. The number of piperidine rings is 1. The van der Waals surface area contributed by atoms with Crippen molar-refractivity contribution in [3.8, 4) is 0 Å². The predicted molar refractivity (Wildman–Crippen MR) is 67.2 cm³/mol. The molecule has 1 aromatic carbocycles. The molecule has 1 saturated heterocycles. The molecule has 18 heavy (non-hydrogen) atoms. The Hall–Kier alpha value is -1.55. The van der Waals surface area contributed by atoms with Gasteiger partial charge in [-0.3, -0.25) is 9.59 Å². The molecular weight excluding hydrogens is 254 g/mol. The quantitative estimate of drug-likeness (QED) is 0.913. The van der Waals surface area contributed by atoms with Crippen LogP contribution < -0.4 is 0 Å². The molecule has 1 fully saturated rings. The first-order chi connectivity index (χ1) is 8.58. The van der Waals surface area contributed by atoms with Gasteiger partial charge >= 0.3 is 5.97 Å². The molecule has 0 aliphatic carbocycles. The Kier molecular flexibility index (Phi) is 3.87. The number of carbonyl (C=O) groups is 2. The molecule has 1 heterocycles. The zero-order valence-corrected chi connectivity index (χ0v) is 10.6. The molecule has 1 aliphatic heterocycles. The third-order valence-corrected chi connectivity index (χ3v) is 3.54. The minimum atomic E-state index is -0.841. The number of carbonyl (C=O) groups excluding carboxylic acids is 1.